The number of hydrogen-bond donors (Lipinski definition) is 1. The molecule has 3 amide bonds. The summed E-state index contributed by atoms with van der Waals surface area (Å²) >= 11 is 0. The van der Waals surface area contributed by atoms with E-state index < -0.39 is 0 Å². The molecule has 8 heteroatoms. The van der Waals surface area contributed by atoms with Crippen molar-refractivity contribution in [1.82, 2.24) is 20.2 Å². The molecular weight excluding hydrogens is 358 g/mol. The number of amides is 3. The zero-order valence-electron chi connectivity index (χ0n) is 15.9. The molecule has 0 aromatic carbocycles. The molecule has 8 nitrogen and oxygen atoms in total. The molecule has 4 rings (SSSR count). The summed E-state index contributed by atoms with van der Waals surface area (Å²) in [5, 5.41) is 3.96. The maximum absolute atomic E-state index is 12.9. The fraction of sp³-hybridized carbons (Fsp3) is 0.550. The largest absolute Gasteiger partial charge is 0.338 e. The van der Waals surface area contributed by atoms with Crippen molar-refractivity contribution in [3.05, 3.63) is 30.1 Å². The molecule has 1 spiro atoms. The first kappa shape index (κ1) is 18.6. The topological polar surface area (TPSA) is 95.0 Å². The lowest BCUT2D eigenvalue weighted by atomic mass is 9.73. The average Bonchev–Trinajstić information content (AvgIpc) is 2.72. The van der Waals surface area contributed by atoms with Crippen molar-refractivity contribution in [1.29, 1.82) is 0 Å². The van der Waals surface area contributed by atoms with Crippen LogP contribution in [0.25, 0.3) is 0 Å². The van der Waals surface area contributed by atoms with E-state index >= 15 is 0 Å². The van der Waals surface area contributed by atoms with Gasteiger partial charge in [0.05, 0.1) is 0 Å². The summed E-state index contributed by atoms with van der Waals surface area (Å²) in [6, 6.07) is 3.86. The van der Waals surface area contributed by atoms with Crippen LogP contribution in [-0.2, 0) is 20.9 Å². The lowest BCUT2D eigenvalue weighted by molar-refractivity contribution is -0.141. The van der Waals surface area contributed by atoms with E-state index in [1.54, 1.807) is 12.4 Å². The zero-order valence-corrected chi connectivity index (χ0v) is 15.9. The molecule has 1 aromatic rings. The molecule has 3 aliphatic heterocycles. The number of hydrazone groups is 1. The van der Waals surface area contributed by atoms with Gasteiger partial charge in [-0.05, 0) is 37.0 Å². The van der Waals surface area contributed by atoms with Crippen molar-refractivity contribution >= 4 is 23.4 Å². The van der Waals surface area contributed by atoms with Crippen LogP contribution in [0.2, 0.25) is 0 Å². The number of pyridine rings is 1. The molecule has 1 unspecified atom stereocenters. The summed E-state index contributed by atoms with van der Waals surface area (Å²) in [4.78, 5) is 44.5. The van der Waals surface area contributed by atoms with Crippen LogP contribution in [0.15, 0.2) is 29.6 Å². The maximum Gasteiger partial charge on any atom is 0.270 e. The van der Waals surface area contributed by atoms with Crippen LogP contribution >= 0.6 is 0 Å². The predicted molar refractivity (Wildman–Crippen MR) is 102 cm³/mol. The van der Waals surface area contributed by atoms with Gasteiger partial charge in [0.2, 0.25) is 11.8 Å². The quantitative estimate of drug-likeness (QED) is 0.845. The summed E-state index contributed by atoms with van der Waals surface area (Å²) in [5.74, 6) is -0.0638. The highest BCUT2D eigenvalue weighted by molar-refractivity contribution is 6.39. The van der Waals surface area contributed by atoms with Crippen LogP contribution in [0, 0.1) is 5.41 Å². The van der Waals surface area contributed by atoms with Gasteiger partial charge in [-0.2, -0.15) is 5.10 Å². The summed E-state index contributed by atoms with van der Waals surface area (Å²) in [6.07, 6.45) is 7.44. The summed E-state index contributed by atoms with van der Waals surface area (Å²) < 4.78 is 0. The van der Waals surface area contributed by atoms with Crippen LogP contribution in [0.4, 0.5) is 0 Å². The van der Waals surface area contributed by atoms with E-state index in [4.69, 9.17) is 0 Å². The number of nitrogens with zero attached hydrogens (tertiary/aromatic N) is 4. The molecule has 1 aromatic heterocycles. The second kappa shape index (κ2) is 7.69. The van der Waals surface area contributed by atoms with Crippen LogP contribution in [0.1, 0.15) is 44.1 Å². The smallest absolute Gasteiger partial charge is 0.270 e. The van der Waals surface area contributed by atoms with E-state index in [0.717, 1.165) is 24.8 Å². The Morgan fingerprint density at radius 3 is 2.68 bits per heavy atom. The Morgan fingerprint density at radius 2 is 1.93 bits per heavy atom. The van der Waals surface area contributed by atoms with Crippen molar-refractivity contribution in [2.45, 2.75) is 45.1 Å². The number of likely N-dealkylation sites (tertiary alicyclic amines) is 2. The van der Waals surface area contributed by atoms with Gasteiger partial charge in [-0.25, -0.2) is 5.43 Å². The zero-order chi connectivity index (χ0) is 19.6. The van der Waals surface area contributed by atoms with E-state index in [1.165, 1.54) is 0 Å². The molecule has 0 bridgehead atoms. The molecule has 0 aliphatic carbocycles. The Kier molecular flexibility index (Phi) is 5.11. The van der Waals surface area contributed by atoms with Gasteiger partial charge in [0.1, 0.15) is 5.71 Å². The molecule has 3 aliphatic rings. The van der Waals surface area contributed by atoms with E-state index in [1.807, 2.05) is 21.9 Å². The lowest BCUT2D eigenvalue weighted by Gasteiger charge is -2.48. The Hall–Kier alpha value is -2.77. The average molecular weight is 383 g/mol. The minimum Gasteiger partial charge on any atom is -0.338 e. The maximum atomic E-state index is 12.9. The van der Waals surface area contributed by atoms with Gasteiger partial charge >= 0.3 is 0 Å². The predicted octanol–water partition coefficient (Wildman–Crippen LogP) is 1.08. The second-order valence-electron chi connectivity index (χ2n) is 8.03. The molecule has 2 saturated heterocycles. The fourth-order valence-electron chi connectivity index (χ4n) is 4.48. The molecule has 0 radical (unpaired) electrons. The highest BCUT2D eigenvalue weighted by Gasteiger charge is 2.43. The third kappa shape index (κ3) is 3.90. The van der Waals surface area contributed by atoms with Crippen LogP contribution in [0.5, 0.6) is 0 Å². The molecule has 1 atom stereocenters. The summed E-state index contributed by atoms with van der Waals surface area (Å²) in [6.45, 7) is 2.59. The minimum atomic E-state index is -0.149. The number of carbonyl (C=O) groups is 3. The standard InChI is InChI=1S/C20H25N5O3/c26-17-3-2-16(22-23-17)19(28)24-11-1-7-20(13-24)8-4-18(27)25(14-20)12-15-5-9-21-10-6-15/h5-6,9-10H,1-4,7-8,11-14H2,(H,23,26). The van der Waals surface area contributed by atoms with Crippen molar-refractivity contribution in [3.63, 3.8) is 0 Å². The van der Waals surface area contributed by atoms with Crippen LogP contribution < -0.4 is 5.43 Å². The van der Waals surface area contributed by atoms with Crippen LogP contribution in [0.3, 0.4) is 0 Å². The highest BCUT2D eigenvalue weighted by Crippen LogP contribution is 2.39. The molecule has 28 heavy (non-hydrogen) atoms. The second-order valence-corrected chi connectivity index (χ2v) is 8.03. The van der Waals surface area contributed by atoms with Crippen molar-refractivity contribution in [3.8, 4) is 0 Å². The lowest BCUT2D eigenvalue weighted by Crippen LogP contribution is -2.56. The Balaban J connectivity index is 1.45. The molecule has 0 saturated carbocycles. The molecule has 1 N–H and O–H groups in total. The van der Waals surface area contributed by atoms with E-state index in [2.05, 4.69) is 15.5 Å². The normalized spacial score (nSPS) is 25.5. The van der Waals surface area contributed by atoms with Crippen molar-refractivity contribution < 1.29 is 14.4 Å². The van der Waals surface area contributed by atoms with Gasteiger partial charge in [-0.1, -0.05) is 0 Å². The number of carbonyl (C=O) groups excluding carboxylic acids is 3. The van der Waals surface area contributed by atoms with E-state index in [9.17, 15) is 14.4 Å². The summed E-state index contributed by atoms with van der Waals surface area (Å²) in [5.41, 5.74) is 3.84. The monoisotopic (exact) mass is 383 g/mol. The fourth-order valence-corrected chi connectivity index (χ4v) is 4.48. The Bertz CT molecular complexity index is 809. The van der Waals surface area contributed by atoms with Gasteiger partial charge in [-0.15, -0.1) is 0 Å². The van der Waals surface area contributed by atoms with E-state index in [-0.39, 0.29) is 23.1 Å². The first-order chi connectivity index (χ1) is 13.5. The van der Waals surface area contributed by atoms with Crippen molar-refractivity contribution in [2.24, 2.45) is 10.5 Å². The van der Waals surface area contributed by atoms with E-state index in [0.29, 0.717) is 51.2 Å². The number of piperidine rings is 2. The number of aromatic nitrogens is 1. The summed E-state index contributed by atoms with van der Waals surface area (Å²) in [7, 11) is 0. The van der Waals surface area contributed by atoms with Gasteiger partial charge in [0.15, 0.2) is 0 Å². The third-order valence-electron chi connectivity index (χ3n) is 5.97. The Morgan fingerprint density at radius 1 is 1.11 bits per heavy atom. The molecular formula is C20H25N5O3. The SMILES string of the molecule is O=C1CCC(C(=O)N2CCCC3(CCC(=O)N(Cc4ccncc4)C3)C2)=NN1. The molecule has 148 valence electrons. The van der Waals surface area contributed by atoms with Gasteiger partial charge in [-0.3, -0.25) is 19.4 Å². The Labute approximate surface area is 164 Å². The highest BCUT2D eigenvalue weighted by atomic mass is 16.2. The number of hydrogen-bond acceptors (Lipinski definition) is 5. The minimum absolute atomic E-state index is 0.0622. The number of rotatable bonds is 3. The number of nitrogens with one attached hydrogen (secondary N) is 1. The molecule has 2 fully saturated rings. The van der Waals surface area contributed by atoms with Gasteiger partial charge < -0.3 is 9.80 Å². The first-order valence-electron chi connectivity index (χ1n) is 9.86. The van der Waals surface area contributed by atoms with Crippen molar-refractivity contribution in [2.75, 3.05) is 19.6 Å². The molecule has 4 heterocycles. The van der Waals surface area contributed by atoms with Gasteiger partial charge in [0, 0.05) is 63.3 Å². The third-order valence-corrected chi connectivity index (χ3v) is 5.97. The first-order valence-corrected chi connectivity index (χ1v) is 9.86. The van der Waals surface area contributed by atoms with Crippen LogP contribution in [-0.4, -0.2) is 57.9 Å². The van der Waals surface area contributed by atoms with Gasteiger partial charge in [0.25, 0.3) is 5.91 Å².